The standard InChI is InChI=1S/C29H36FN5O5/c1-18(2)23-16-34(28(38)20-9-11-26(40-3)32-15-20)17-25(36)31-12-4-6-19-8-10-22(30)21(14-19)29(39)35-13-5-7-24(35)27(37)33-23/h8-11,14-15,18,23-24H,4-7,12-13,16-17H2,1-3H3,(H,31,36)(H,33,37)/t23-,24-/m0/s1. The van der Waals surface area contributed by atoms with Crippen molar-refractivity contribution < 1.29 is 28.3 Å². The zero-order chi connectivity index (χ0) is 28.8. The molecule has 2 aromatic rings. The molecule has 3 heterocycles. The summed E-state index contributed by atoms with van der Waals surface area (Å²) >= 11 is 0. The van der Waals surface area contributed by atoms with E-state index in [1.165, 1.54) is 35.2 Å². The lowest BCUT2D eigenvalue weighted by molar-refractivity contribution is -0.126. The number of rotatable bonds is 3. The summed E-state index contributed by atoms with van der Waals surface area (Å²) in [5.74, 6) is -2.01. The molecule has 40 heavy (non-hydrogen) atoms. The van der Waals surface area contributed by atoms with Crippen LogP contribution in [0.4, 0.5) is 4.39 Å². The number of carbonyl (C=O) groups excluding carboxylic acids is 4. The Balaban J connectivity index is 1.64. The summed E-state index contributed by atoms with van der Waals surface area (Å²) in [6.07, 6.45) is 3.53. The van der Waals surface area contributed by atoms with Crippen LogP contribution < -0.4 is 15.4 Å². The van der Waals surface area contributed by atoms with Gasteiger partial charge in [-0.2, -0.15) is 0 Å². The first-order chi connectivity index (χ1) is 19.2. The number of pyridine rings is 1. The average molecular weight is 554 g/mol. The molecule has 10 nitrogen and oxygen atoms in total. The molecular formula is C29H36FN5O5. The van der Waals surface area contributed by atoms with Crippen molar-refractivity contribution in [2.75, 3.05) is 33.3 Å². The van der Waals surface area contributed by atoms with Gasteiger partial charge in [-0.15, -0.1) is 0 Å². The molecule has 2 atom stereocenters. The van der Waals surface area contributed by atoms with Gasteiger partial charge in [-0.3, -0.25) is 19.2 Å². The van der Waals surface area contributed by atoms with Crippen LogP contribution in [-0.4, -0.2) is 83.8 Å². The Labute approximate surface area is 233 Å². The number of halogens is 1. The number of nitrogens with zero attached hydrogens (tertiary/aromatic N) is 3. The molecule has 214 valence electrons. The van der Waals surface area contributed by atoms with Crippen LogP contribution in [0.1, 0.15) is 59.4 Å². The van der Waals surface area contributed by atoms with E-state index in [1.54, 1.807) is 18.2 Å². The van der Waals surface area contributed by atoms with Crippen molar-refractivity contribution in [1.29, 1.82) is 0 Å². The first-order valence-electron chi connectivity index (χ1n) is 13.6. The fourth-order valence-corrected chi connectivity index (χ4v) is 5.05. The van der Waals surface area contributed by atoms with E-state index >= 15 is 0 Å². The van der Waals surface area contributed by atoms with Crippen LogP contribution in [0.25, 0.3) is 0 Å². The number of aromatic nitrogens is 1. The molecule has 0 aliphatic carbocycles. The SMILES string of the molecule is COc1ccc(C(=O)N2CC(=O)NCCCc3ccc(F)c(c3)C(=O)N3CCC[C@H]3C(=O)N[C@H](C(C)C)C2)cn1. The molecule has 1 aromatic carbocycles. The van der Waals surface area contributed by atoms with Crippen LogP contribution in [0.2, 0.25) is 0 Å². The minimum Gasteiger partial charge on any atom is -0.481 e. The van der Waals surface area contributed by atoms with Crippen LogP contribution in [0, 0.1) is 11.7 Å². The Bertz CT molecular complexity index is 1250. The van der Waals surface area contributed by atoms with Gasteiger partial charge < -0.3 is 25.2 Å². The highest BCUT2D eigenvalue weighted by Crippen LogP contribution is 2.23. The summed E-state index contributed by atoms with van der Waals surface area (Å²) in [5.41, 5.74) is 0.977. The molecule has 4 rings (SSSR count). The number of carbonyl (C=O) groups is 4. The van der Waals surface area contributed by atoms with Gasteiger partial charge in [-0.05, 0) is 55.4 Å². The minimum atomic E-state index is -0.759. The summed E-state index contributed by atoms with van der Waals surface area (Å²) in [5, 5.41) is 5.85. The van der Waals surface area contributed by atoms with Crippen LogP contribution in [0.15, 0.2) is 36.5 Å². The molecule has 1 aromatic heterocycles. The number of nitrogens with one attached hydrogen (secondary N) is 2. The van der Waals surface area contributed by atoms with Crippen LogP contribution in [0.3, 0.4) is 0 Å². The van der Waals surface area contributed by atoms with Crippen molar-refractivity contribution in [1.82, 2.24) is 25.4 Å². The monoisotopic (exact) mass is 553 g/mol. The van der Waals surface area contributed by atoms with Gasteiger partial charge in [0, 0.05) is 37.9 Å². The Kier molecular flexibility index (Phi) is 9.34. The lowest BCUT2D eigenvalue weighted by Crippen LogP contribution is -2.54. The number of methoxy groups -OCH3 is 1. The molecule has 1 fully saturated rings. The number of fused-ring (bicyclic) bond motifs is 3. The second-order valence-electron chi connectivity index (χ2n) is 10.6. The molecule has 4 amide bonds. The van der Waals surface area contributed by atoms with Crippen molar-refractivity contribution in [2.24, 2.45) is 5.92 Å². The normalized spacial score (nSPS) is 21.0. The van der Waals surface area contributed by atoms with Crippen LogP contribution in [0.5, 0.6) is 5.88 Å². The highest BCUT2D eigenvalue weighted by molar-refractivity contribution is 5.98. The molecular weight excluding hydrogens is 517 g/mol. The Hall–Kier alpha value is -4.02. The van der Waals surface area contributed by atoms with Crippen LogP contribution >= 0.6 is 0 Å². The molecule has 0 saturated carbocycles. The van der Waals surface area contributed by atoms with Gasteiger partial charge in [0.05, 0.1) is 24.8 Å². The third-order valence-corrected chi connectivity index (χ3v) is 7.41. The first kappa shape index (κ1) is 29.0. The van der Waals surface area contributed by atoms with Crippen LogP contribution in [-0.2, 0) is 16.0 Å². The molecule has 2 bridgehead atoms. The molecule has 0 spiro atoms. The van der Waals surface area contributed by atoms with Gasteiger partial charge in [0.15, 0.2) is 0 Å². The Morgan fingerprint density at radius 3 is 2.65 bits per heavy atom. The fourth-order valence-electron chi connectivity index (χ4n) is 5.05. The van der Waals surface area contributed by atoms with E-state index in [0.29, 0.717) is 44.7 Å². The number of hydrogen-bond donors (Lipinski definition) is 2. The van der Waals surface area contributed by atoms with Gasteiger partial charge in [0.1, 0.15) is 11.9 Å². The van der Waals surface area contributed by atoms with Gasteiger partial charge in [-0.1, -0.05) is 19.9 Å². The smallest absolute Gasteiger partial charge is 0.257 e. The van der Waals surface area contributed by atoms with Gasteiger partial charge in [0.25, 0.3) is 11.8 Å². The topological polar surface area (TPSA) is 121 Å². The number of hydrogen-bond acceptors (Lipinski definition) is 6. The summed E-state index contributed by atoms with van der Waals surface area (Å²) in [7, 11) is 1.48. The van der Waals surface area contributed by atoms with Gasteiger partial charge in [-0.25, -0.2) is 9.37 Å². The van der Waals surface area contributed by atoms with E-state index in [9.17, 15) is 23.6 Å². The molecule has 0 radical (unpaired) electrons. The zero-order valence-corrected chi connectivity index (χ0v) is 23.1. The van der Waals surface area contributed by atoms with E-state index in [4.69, 9.17) is 4.74 Å². The highest BCUT2D eigenvalue weighted by Gasteiger charge is 2.37. The van der Waals surface area contributed by atoms with Gasteiger partial charge >= 0.3 is 0 Å². The van der Waals surface area contributed by atoms with E-state index in [1.807, 2.05) is 13.8 Å². The first-order valence-corrected chi connectivity index (χ1v) is 13.6. The van der Waals surface area contributed by atoms with Crippen molar-refractivity contribution in [3.05, 3.63) is 59.0 Å². The minimum absolute atomic E-state index is 0.0594. The maximum atomic E-state index is 14.7. The van der Waals surface area contributed by atoms with E-state index in [0.717, 1.165) is 5.56 Å². The summed E-state index contributed by atoms with van der Waals surface area (Å²) < 4.78 is 19.8. The molecule has 2 aliphatic heterocycles. The van der Waals surface area contributed by atoms with Crippen molar-refractivity contribution in [3.63, 3.8) is 0 Å². The largest absolute Gasteiger partial charge is 0.481 e. The quantitative estimate of drug-likeness (QED) is 0.601. The second-order valence-corrected chi connectivity index (χ2v) is 10.6. The van der Waals surface area contributed by atoms with Crippen molar-refractivity contribution in [3.8, 4) is 5.88 Å². The van der Waals surface area contributed by atoms with E-state index in [2.05, 4.69) is 15.6 Å². The number of benzene rings is 1. The predicted molar refractivity (Wildman–Crippen MR) is 145 cm³/mol. The van der Waals surface area contributed by atoms with Crippen molar-refractivity contribution >= 4 is 23.6 Å². The molecule has 11 heteroatoms. The zero-order valence-electron chi connectivity index (χ0n) is 23.1. The third kappa shape index (κ3) is 6.75. The van der Waals surface area contributed by atoms with E-state index < -0.39 is 29.7 Å². The number of amides is 4. The highest BCUT2D eigenvalue weighted by atomic mass is 19.1. The number of ether oxygens (including phenoxy) is 1. The molecule has 2 N–H and O–H groups in total. The summed E-state index contributed by atoms with van der Waals surface area (Å²) in [6.45, 7) is 4.36. The summed E-state index contributed by atoms with van der Waals surface area (Å²) in [4.78, 5) is 60.2. The average Bonchev–Trinajstić information content (AvgIpc) is 3.44. The Morgan fingerprint density at radius 2 is 1.95 bits per heavy atom. The van der Waals surface area contributed by atoms with Crippen molar-refractivity contribution in [2.45, 2.75) is 51.6 Å². The third-order valence-electron chi connectivity index (χ3n) is 7.41. The summed E-state index contributed by atoms with van der Waals surface area (Å²) in [6, 6.07) is 6.30. The predicted octanol–water partition coefficient (Wildman–Crippen LogP) is 2.18. The van der Waals surface area contributed by atoms with Gasteiger partial charge in [0.2, 0.25) is 17.7 Å². The fraction of sp³-hybridized carbons (Fsp3) is 0.483. The van der Waals surface area contributed by atoms with E-state index in [-0.39, 0.29) is 41.9 Å². The maximum Gasteiger partial charge on any atom is 0.257 e. The maximum absolute atomic E-state index is 14.7. The lowest BCUT2D eigenvalue weighted by atomic mass is 10.0. The Morgan fingerprint density at radius 1 is 1.15 bits per heavy atom. The molecule has 2 aliphatic rings. The molecule has 0 unspecified atom stereocenters. The molecule has 1 saturated heterocycles. The second kappa shape index (κ2) is 12.9. The number of aryl methyl sites for hydroxylation is 1. The lowest BCUT2D eigenvalue weighted by Gasteiger charge is -2.32.